The molecule has 5 heteroatoms. The molecular weight excluding hydrogens is 220 g/mol. The maximum Gasteiger partial charge on any atom is 0.337 e. The van der Waals surface area contributed by atoms with Crippen LogP contribution in [0.15, 0.2) is 36.5 Å². The highest BCUT2D eigenvalue weighted by Crippen LogP contribution is 2.25. The fourth-order valence-electron chi connectivity index (χ4n) is 1.46. The van der Waals surface area contributed by atoms with Gasteiger partial charge in [-0.15, -0.1) is 0 Å². The van der Waals surface area contributed by atoms with E-state index in [9.17, 15) is 4.79 Å². The minimum absolute atomic E-state index is 0.0463. The van der Waals surface area contributed by atoms with Gasteiger partial charge in [0, 0.05) is 11.8 Å². The van der Waals surface area contributed by atoms with Gasteiger partial charge in [0.05, 0.1) is 16.9 Å². The van der Waals surface area contributed by atoms with Gasteiger partial charge in [-0.1, -0.05) is 0 Å². The fourth-order valence-corrected chi connectivity index (χ4v) is 1.46. The molecule has 0 saturated carbocycles. The van der Waals surface area contributed by atoms with E-state index in [1.807, 2.05) is 0 Å². The SMILES string of the molecule is Nc1cc(C(=O)O)cnc1-c1ccc(O)cc1. The van der Waals surface area contributed by atoms with Crippen molar-refractivity contribution < 1.29 is 15.0 Å². The van der Waals surface area contributed by atoms with Gasteiger partial charge < -0.3 is 15.9 Å². The number of carboxylic acids is 1. The number of carboxylic acid groups (broad SMARTS) is 1. The zero-order chi connectivity index (χ0) is 12.4. The average Bonchev–Trinajstić information content (AvgIpc) is 2.30. The molecule has 4 N–H and O–H groups in total. The number of carbonyl (C=O) groups is 1. The van der Waals surface area contributed by atoms with Gasteiger partial charge in [-0.2, -0.15) is 0 Å². The van der Waals surface area contributed by atoms with E-state index in [0.29, 0.717) is 5.69 Å². The average molecular weight is 230 g/mol. The molecule has 0 spiro atoms. The zero-order valence-electron chi connectivity index (χ0n) is 8.79. The van der Waals surface area contributed by atoms with Crippen LogP contribution in [0.5, 0.6) is 5.75 Å². The maximum atomic E-state index is 10.7. The molecule has 0 radical (unpaired) electrons. The van der Waals surface area contributed by atoms with Crippen molar-refractivity contribution in [1.82, 2.24) is 4.98 Å². The summed E-state index contributed by atoms with van der Waals surface area (Å²) in [6.45, 7) is 0. The number of aromatic hydroxyl groups is 1. The topological polar surface area (TPSA) is 96.4 Å². The summed E-state index contributed by atoms with van der Waals surface area (Å²) in [7, 11) is 0. The van der Waals surface area contributed by atoms with Crippen molar-refractivity contribution in [2.45, 2.75) is 0 Å². The molecule has 0 atom stereocenters. The van der Waals surface area contributed by atoms with Crippen LogP contribution in [0, 0.1) is 0 Å². The van der Waals surface area contributed by atoms with Crippen LogP contribution < -0.4 is 5.73 Å². The fraction of sp³-hybridized carbons (Fsp3) is 0. The number of hydrogen-bond acceptors (Lipinski definition) is 4. The third-order valence-electron chi connectivity index (χ3n) is 2.30. The Labute approximate surface area is 97.2 Å². The summed E-state index contributed by atoms with van der Waals surface area (Å²) in [5, 5.41) is 17.9. The molecule has 0 fully saturated rings. The Morgan fingerprint density at radius 3 is 2.41 bits per heavy atom. The third-order valence-corrected chi connectivity index (χ3v) is 2.30. The number of benzene rings is 1. The number of nitrogens with zero attached hydrogens (tertiary/aromatic N) is 1. The largest absolute Gasteiger partial charge is 0.508 e. The predicted octanol–water partition coefficient (Wildman–Crippen LogP) is 1.73. The number of aromatic nitrogens is 1. The third kappa shape index (κ3) is 2.17. The standard InChI is InChI=1S/C12H10N2O3/c13-10-5-8(12(16)17)6-14-11(10)7-1-3-9(15)4-2-7/h1-6,15H,13H2,(H,16,17). The lowest BCUT2D eigenvalue weighted by atomic mass is 10.1. The molecule has 0 aliphatic heterocycles. The molecule has 1 heterocycles. The van der Waals surface area contributed by atoms with Crippen molar-refractivity contribution in [3.8, 4) is 17.0 Å². The van der Waals surface area contributed by atoms with E-state index < -0.39 is 5.97 Å². The molecule has 1 aromatic carbocycles. The summed E-state index contributed by atoms with van der Waals surface area (Å²) in [6.07, 6.45) is 1.25. The lowest BCUT2D eigenvalue weighted by Gasteiger charge is -2.05. The van der Waals surface area contributed by atoms with Crippen molar-refractivity contribution in [1.29, 1.82) is 0 Å². The van der Waals surface area contributed by atoms with Crippen LogP contribution in [0.1, 0.15) is 10.4 Å². The first-order chi connectivity index (χ1) is 8.08. The number of aromatic carboxylic acids is 1. The minimum atomic E-state index is -1.07. The van der Waals surface area contributed by atoms with Crippen molar-refractivity contribution in [2.75, 3.05) is 5.73 Å². The Kier molecular flexibility index (Phi) is 2.66. The summed E-state index contributed by atoms with van der Waals surface area (Å²) < 4.78 is 0. The molecule has 2 aromatic rings. The van der Waals surface area contributed by atoms with E-state index in [1.54, 1.807) is 12.1 Å². The predicted molar refractivity (Wildman–Crippen MR) is 62.7 cm³/mol. The Balaban J connectivity index is 2.46. The number of phenolic OH excluding ortho intramolecular Hbond substituents is 1. The normalized spacial score (nSPS) is 10.1. The van der Waals surface area contributed by atoms with Gasteiger partial charge in [0.25, 0.3) is 0 Å². The van der Waals surface area contributed by atoms with Gasteiger partial charge in [0.15, 0.2) is 0 Å². The molecule has 0 aliphatic carbocycles. The monoisotopic (exact) mass is 230 g/mol. The molecule has 17 heavy (non-hydrogen) atoms. The summed E-state index contributed by atoms with van der Waals surface area (Å²) in [6, 6.07) is 7.71. The number of hydrogen-bond donors (Lipinski definition) is 3. The highest BCUT2D eigenvalue weighted by molar-refractivity contribution is 5.90. The molecule has 2 rings (SSSR count). The Morgan fingerprint density at radius 1 is 1.24 bits per heavy atom. The van der Waals surface area contributed by atoms with Crippen LogP contribution in [0.2, 0.25) is 0 Å². The first-order valence-corrected chi connectivity index (χ1v) is 4.86. The number of anilines is 1. The summed E-state index contributed by atoms with van der Waals surface area (Å²) in [5.74, 6) is -0.920. The van der Waals surface area contributed by atoms with Gasteiger partial charge in [-0.25, -0.2) is 4.79 Å². The summed E-state index contributed by atoms with van der Waals surface area (Å²) in [4.78, 5) is 14.7. The number of nitrogens with two attached hydrogens (primary N) is 1. The lowest BCUT2D eigenvalue weighted by molar-refractivity contribution is 0.0696. The summed E-state index contributed by atoms with van der Waals surface area (Å²) >= 11 is 0. The highest BCUT2D eigenvalue weighted by Gasteiger charge is 2.09. The Bertz CT molecular complexity index is 564. The molecular formula is C12H10N2O3. The van der Waals surface area contributed by atoms with Crippen molar-refractivity contribution in [3.63, 3.8) is 0 Å². The molecule has 0 saturated heterocycles. The van der Waals surface area contributed by atoms with Crippen LogP contribution >= 0.6 is 0 Å². The molecule has 0 unspecified atom stereocenters. The van der Waals surface area contributed by atoms with E-state index in [4.69, 9.17) is 15.9 Å². The minimum Gasteiger partial charge on any atom is -0.508 e. The molecule has 86 valence electrons. The molecule has 1 aromatic heterocycles. The van der Waals surface area contributed by atoms with Crippen LogP contribution in [0.3, 0.4) is 0 Å². The first-order valence-electron chi connectivity index (χ1n) is 4.86. The van der Waals surface area contributed by atoms with E-state index in [2.05, 4.69) is 4.98 Å². The van der Waals surface area contributed by atoms with E-state index >= 15 is 0 Å². The number of pyridine rings is 1. The second kappa shape index (κ2) is 4.13. The van der Waals surface area contributed by atoms with Crippen molar-refractivity contribution >= 4 is 11.7 Å². The van der Waals surface area contributed by atoms with Crippen LogP contribution in [-0.2, 0) is 0 Å². The van der Waals surface area contributed by atoms with Crippen LogP contribution in [0.4, 0.5) is 5.69 Å². The lowest BCUT2D eigenvalue weighted by Crippen LogP contribution is -2.01. The van der Waals surface area contributed by atoms with Crippen molar-refractivity contribution in [3.05, 3.63) is 42.1 Å². The molecule has 5 nitrogen and oxygen atoms in total. The number of rotatable bonds is 2. The Morgan fingerprint density at radius 2 is 1.88 bits per heavy atom. The maximum absolute atomic E-state index is 10.7. The molecule has 0 bridgehead atoms. The van der Waals surface area contributed by atoms with Gasteiger partial charge in [-0.3, -0.25) is 4.98 Å². The second-order valence-electron chi connectivity index (χ2n) is 3.51. The van der Waals surface area contributed by atoms with Gasteiger partial charge in [-0.05, 0) is 30.3 Å². The highest BCUT2D eigenvalue weighted by atomic mass is 16.4. The number of phenols is 1. The van der Waals surface area contributed by atoms with Gasteiger partial charge >= 0.3 is 5.97 Å². The molecule has 0 amide bonds. The Hall–Kier alpha value is -2.56. The van der Waals surface area contributed by atoms with Gasteiger partial charge in [0.2, 0.25) is 0 Å². The van der Waals surface area contributed by atoms with E-state index in [0.717, 1.165) is 5.56 Å². The molecule has 0 aliphatic rings. The number of nitrogen functional groups attached to an aromatic ring is 1. The summed E-state index contributed by atoms with van der Waals surface area (Å²) in [5.41, 5.74) is 7.29. The van der Waals surface area contributed by atoms with Gasteiger partial charge in [0.1, 0.15) is 5.75 Å². The zero-order valence-corrected chi connectivity index (χ0v) is 8.79. The van der Waals surface area contributed by atoms with Crippen LogP contribution in [0.25, 0.3) is 11.3 Å². The van der Waals surface area contributed by atoms with E-state index in [-0.39, 0.29) is 17.0 Å². The van der Waals surface area contributed by atoms with Crippen LogP contribution in [-0.4, -0.2) is 21.2 Å². The van der Waals surface area contributed by atoms with E-state index in [1.165, 1.54) is 24.4 Å². The smallest absolute Gasteiger partial charge is 0.337 e. The second-order valence-corrected chi connectivity index (χ2v) is 3.51. The van der Waals surface area contributed by atoms with Crippen molar-refractivity contribution in [2.24, 2.45) is 0 Å². The first kappa shape index (κ1) is 10.9. The quantitative estimate of drug-likeness (QED) is 0.730.